The molecule has 0 saturated carbocycles. The van der Waals surface area contributed by atoms with Crippen LogP contribution in [0.3, 0.4) is 0 Å². The highest BCUT2D eigenvalue weighted by Gasteiger charge is 2.13. The van der Waals surface area contributed by atoms with Crippen molar-refractivity contribution in [3.63, 3.8) is 0 Å². The molecule has 1 heterocycles. The Morgan fingerprint density at radius 1 is 1.16 bits per heavy atom. The summed E-state index contributed by atoms with van der Waals surface area (Å²) in [5, 5.41) is 12.1. The van der Waals surface area contributed by atoms with Crippen molar-refractivity contribution in [2.24, 2.45) is 7.05 Å². The first-order valence-electron chi connectivity index (χ1n) is 7.68. The maximum absolute atomic E-state index is 12.2. The zero-order chi connectivity index (χ0) is 17.8. The first kappa shape index (κ1) is 17.7. The number of aryl methyl sites for hydroxylation is 1. The van der Waals surface area contributed by atoms with E-state index in [4.69, 9.17) is 0 Å². The standard InChI is InChI=1S/C18H17BrN4OS/c1-12-5-3-4-6-15(12)20-16(24)11-25-18-22-21-17(23(18)2)13-7-9-14(19)10-8-13/h3-10H,11H2,1-2H3,(H,20,24). The van der Waals surface area contributed by atoms with Crippen molar-refractivity contribution in [1.82, 2.24) is 14.8 Å². The van der Waals surface area contributed by atoms with Gasteiger partial charge in [-0.3, -0.25) is 4.79 Å². The molecule has 3 aromatic rings. The smallest absolute Gasteiger partial charge is 0.234 e. The van der Waals surface area contributed by atoms with E-state index in [1.54, 1.807) is 0 Å². The van der Waals surface area contributed by atoms with E-state index in [9.17, 15) is 4.79 Å². The number of benzene rings is 2. The first-order valence-corrected chi connectivity index (χ1v) is 9.46. The summed E-state index contributed by atoms with van der Waals surface area (Å²) < 4.78 is 2.91. The van der Waals surface area contributed by atoms with Gasteiger partial charge in [0, 0.05) is 22.8 Å². The SMILES string of the molecule is Cc1ccccc1NC(=O)CSc1nnc(-c2ccc(Br)cc2)n1C. The number of amides is 1. The highest BCUT2D eigenvalue weighted by molar-refractivity contribution is 9.10. The Balaban J connectivity index is 1.65. The van der Waals surface area contributed by atoms with Gasteiger partial charge < -0.3 is 9.88 Å². The largest absolute Gasteiger partial charge is 0.325 e. The van der Waals surface area contributed by atoms with Crippen LogP contribution in [-0.2, 0) is 11.8 Å². The second-order valence-electron chi connectivity index (χ2n) is 5.52. The first-order chi connectivity index (χ1) is 12.0. The van der Waals surface area contributed by atoms with Crippen molar-refractivity contribution in [2.75, 3.05) is 11.1 Å². The van der Waals surface area contributed by atoms with E-state index in [1.165, 1.54) is 11.8 Å². The van der Waals surface area contributed by atoms with Crippen LogP contribution in [0, 0.1) is 6.92 Å². The molecular formula is C18H17BrN4OS. The zero-order valence-corrected chi connectivity index (χ0v) is 16.3. The lowest BCUT2D eigenvalue weighted by Gasteiger charge is -2.08. The topological polar surface area (TPSA) is 59.8 Å². The number of hydrogen-bond donors (Lipinski definition) is 1. The van der Waals surface area contributed by atoms with E-state index in [0.717, 1.165) is 27.1 Å². The molecule has 0 aliphatic rings. The number of halogens is 1. The highest BCUT2D eigenvalue weighted by atomic mass is 79.9. The molecule has 0 unspecified atom stereocenters. The molecule has 25 heavy (non-hydrogen) atoms. The average molecular weight is 417 g/mol. The second-order valence-corrected chi connectivity index (χ2v) is 7.38. The predicted octanol–water partition coefficient (Wildman–Crippen LogP) is 4.28. The van der Waals surface area contributed by atoms with Crippen LogP contribution >= 0.6 is 27.7 Å². The minimum atomic E-state index is -0.0625. The molecule has 0 bridgehead atoms. The number of hydrogen-bond acceptors (Lipinski definition) is 4. The van der Waals surface area contributed by atoms with Crippen molar-refractivity contribution < 1.29 is 4.79 Å². The van der Waals surface area contributed by atoms with Crippen LogP contribution in [0.25, 0.3) is 11.4 Å². The van der Waals surface area contributed by atoms with Gasteiger partial charge in [-0.15, -0.1) is 10.2 Å². The number of para-hydroxylation sites is 1. The summed E-state index contributed by atoms with van der Waals surface area (Å²) in [6.07, 6.45) is 0. The van der Waals surface area contributed by atoms with Gasteiger partial charge in [-0.05, 0) is 30.7 Å². The van der Waals surface area contributed by atoms with Crippen LogP contribution in [0.2, 0.25) is 0 Å². The van der Waals surface area contributed by atoms with Crippen molar-refractivity contribution in [3.05, 3.63) is 58.6 Å². The average Bonchev–Trinajstić information content (AvgIpc) is 2.97. The summed E-state index contributed by atoms with van der Waals surface area (Å²) in [4.78, 5) is 12.2. The Bertz CT molecular complexity index is 892. The Labute approximate surface area is 159 Å². The number of carbonyl (C=O) groups excluding carboxylic acids is 1. The number of aromatic nitrogens is 3. The normalized spacial score (nSPS) is 10.7. The molecule has 0 atom stereocenters. The molecule has 0 saturated heterocycles. The number of nitrogens with zero attached hydrogens (tertiary/aromatic N) is 3. The number of carbonyl (C=O) groups is 1. The van der Waals surface area contributed by atoms with Crippen LogP contribution in [0.1, 0.15) is 5.56 Å². The molecule has 7 heteroatoms. The van der Waals surface area contributed by atoms with Crippen LogP contribution in [-0.4, -0.2) is 26.4 Å². The molecule has 1 N–H and O–H groups in total. The van der Waals surface area contributed by atoms with E-state index >= 15 is 0 Å². The van der Waals surface area contributed by atoms with Crippen LogP contribution in [0.15, 0.2) is 58.2 Å². The van der Waals surface area contributed by atoms with Gasteiger partial charge in [0.15, 0.2) is 11.0 Å². The molecule has 5 nitrogen and oxygen atoms in total. The van der Waals surface area contributed by atoms with Crippen molar-refractivity contribution >= 4 is 39.3 Å². The third-order valence-corrected chi connectivity index (χ3v) is 5.24. The van der Waals surface area contributed by atoms with Gasteiger partial charge in [-0.25, -0.2) is 0 Å². The van der Waals surface area contributed by atoms with Gasteiger partial charge in [-0.1, -0.05) is 58.0 Å². The third-order valence-electron chi connectivity index (χ3n) is 3.69. The lowest BCUT2D eigenvalue weighted by molar-refractivity contribution is -0.113. The van der Waals surface area contributed by atoms with Gasteiger partial charge >= 0.3 is 0 Å². The van der Waals surface area contributed by atoms with Crippen molar-refractivity contribution in [1.29, 1.82) is 0 Å². The Morgan fingerprint density at radius 2 is 1.88 bits per heavy atom. The molecule has 0 aliphatic carbocycles. The summed E-state index contributed by atoms with van der Waals surface area (Å²) in [5.41, 5.74) is 2.85. The lowest BCUT2D eigenvalue weighted by atomic mass is 10.2. The zero-order valence-electron chi connectivity index (χ0n) is 13.9. The van der Waals surface area contributed by atoms with Gasteiger partial charge in [0.1, 0.15) is 0 Å². The molecule has 1 aromatic heterocycles. The van der Waals surface area contributed by atoms with Gasteiger partial charge in [0.2, 0.25) is 5.91 Å². The Kier molecular flexibility index (Phi) is 5.55. The maximum atomic E-state index is 12.2. The molecule has 128 valence electrons. The van der Waals surface area contributed by atoms with E-state index < -0.39 is 0 Å². The second kappa shape index (κ2) is 7.84. The monoisotopic (exact) mass is 416 g/mol. The van der Waals surface area contributed by atoms with Crippen molar-refractivity contribution in [3.8, 4) is 11.4 Å². The number of nitrogens with one attached hydrogen (secondary N) is 1. The minimum Gasteiger partial charge on any atom is -0.325 e. The molecule has 2 aromatic carbocycles. The summed E-state index contributed by atoms with van der Waals surface area (Å²) >= 11 is 4.79. The fourth-order valence-electron chi connectivity index (χ4n) is 2.32. The summed E-state index contributed by atoms with van der Waals surface area (Å²) in [5.74, 6) is 0.988. The molecule has 0 radical (unpaired) electrons. The lowest BCUT2D eigenvalue weighted by Crippen LogP contribution is -2.15. The van der Waals surface area contributed by atoms with Crippen LogP contribution in [0.4, 0.5) is 5.69 Å². The fraction of sp³-hybridized carbons (Fsp3) is 0.167. The molecule has 0 aliphatic heterocycles. The van der Waals surface area contributed by atoms with Crippen LogP contribution < -0.4 is 5.32 Å². The minimum absolute atomic E-state index is 0.0625. The highest BCUT2D eigenvalue weighted by Crippen LogP contribution is 2.24. The van der Waals surface area contributed by atoms with Gasteiger partial charge in [-0.2, -0.15) is 0 Å². The summed E-state index contributed by atoms with van der Waals surface area (Å²) in [7, 11) is 1.90. The van der Waals surface area contributed by atoms with Crippen LogP contribution in [0.5, 0.6) is 0 Å². The molecule has 1 amide bonds. The fourth-order valence-corrected chi connectivity index (χ4v) is 3.30. The number of rotatable bonds is 5. The molecule has 0 spiro atoms. The number of anilines is 1. The Morgan fingerprint density at radius 3 is 2.60 bits per heavy atom. The van der Waals surface area contributed by atoms with Gasteiger partial charge in [0.25, 0.3) is 0 Å². The summed E-state index contributed by atoms with van der Waals surface area (Å²) in [6.45, 7) is 1.97. The molecular weight excluding hydrogens is 400 g/mol. The Hall–Kier alpha value is -2.12. The van der Waals surface area contributed by atoms with E-state index in [-0.39, 0.29) is 11.7 Å². The quantitative estimate of drug-likeness (QED) is 0.630. The van der Waals surface area contributed by atoms with E-state index in [1.807, 2.05) is 67.1 Å². The van der Waals surface area contributed by atoms with E-state index in [0.29, 0.717) is 5.16 Å². The maximum Gasteiger partial charge on any atom is 0.234 e. The summed E-state index contributed by atoms with van der Waals surface area (Å²) in [6, 6.07) is 15.6. The number of thioether (sulfide) groups is 1. The van der Waals surface area contributed by atoms with Gasteiger partial charge in [0.05, 0.1) is 5.75 Å². The van der Waals surface area contributed by atoms with Crippen molar-refractivity contribution in [2.45, 2.75) is 12.1 Å². The molecule has 0 fully saturated rings. The molecule has 3 rings (SSSR count). The predicted molar refractivity (Wildman–Crippen MR) is 105 cm³/mol. The third kappa shape index (κ3) is 4.29. The van der Waals surface area contributed by atoms with E-state index in [2.05, 4.69) is 31.4 Å².